The largest absolute Gasteiger partial charge is 0.381 e. The number of pyridine rings is 1. The van der Waals surface area contributed by atoms with Crippen molar-refractivity contribution in [2.45, 2.75) is 25.8 Å². The molecule has 0 saturated carbocycles. The van der Waals surface area contributed by atoms with Gasteiger partial charge in [-0.3, -0.25) is 10.1 Å². The van der Waals surface area contributed by atoms with Crippen LogP contribution >= 0.6 is 11.6 Å². The van der Waals surface area contributed by atoms with E-state index >= 15 is 0 Å². The van der Waals surface area contributed by atoms with E-state index in [0.29, 0.717) is 5.92 Å². The van der Waals surface area contributed by atoms with Crippen LogP contribution in [0.15, 0.2) is 12.3 Å². The first-order chi connectivity index (χ1) is 9.08. The van der Waals surface area contributed by atoms with Gasteiger partial charge in [-0.15, -0.1) is 0 Å². The van der Waals surface area contributed by atoms with Gasteiger partial charge in [-0.2, -0.15) is 0 Å². The molecule has 0 bridgehead atoms. The van der Waals surface area contributed by atoms with Crippen molar-refractivity contribution in [3.05, 3.63) is 27.4 Å². The summed E-state index contributed by atoms with van der Waals surface area (Å²) in [7, 11) is 0. The second-order valence-corrected chi connectivity index (χ2v) is 5.10. The van der Waals surface area contributed by atoms with Crippen LogP contribution < -0.4 is 5.32 Å². The third-order valence-electron chi connectivity index (χ3n) is 3.37. The lowest BCUT2D eigenvalue weighted by Crippen LogP contribution is -2.31. The monoisotopic (exact) mass is 285 g/mol. The first-order valence-electron chi connectivity index (χ1n) is 6.22. The molecule has 0 spiro atoms. The fourth-order valence-corrected chi connectivity index (χ4v) is 2.38. The van der Waals surface area contributed by atoms with Crippen LogP contribution in [0.5, 0.6) is 0 Å². The summed E-state index contributed by atoms with van der Waals surface area (Å²) in [5.41, 5.74) is -0.0913. The normalized spacial score (nSPS) is 18.0. The lowest BCUT2D eigenvalue weighted by atomic mass is 9.93. The number of nitrogens with one attached hydrogen (secondary N) is 1. The highest BCUT2D eigenvalue weighted by Gasteiger charge is 2.24. The minimum absolute atomic E-state index is 0.0913. The number of nitro groups is 1. The van der Waals surface area contributed by atoms with Crippen molar-refractivity contribution in [3.63, 3.8) is 0 Å². The zero-order chi connectivity index (χ0) is 13.8. The van der Waals surface area contributed by atoms with Gasteiger partial charge in [0, 0.05) is 31.5 Å². The van der Waals surface area contributed by atoms with Crippen LogP contribution in [0.25, 0.3) is 0 Å². The van der Waals surface area contributed by atoms with E-state index in [2.05, 4.69) is 10.3 Å². The summed E-state index contributed by atoms with van der Waals surface area (Å²) in [5.74, 6) is 0.708. The molecule has 1 aliphatic rings. The molecular weight excluding hydrogens is 270 g/mol. The Morgan fingerprint density at radius 1 is 1.58 bits per heavy atom. The quantitative estimate of drug-likeness (QED) is 0.680. The lowest BCUT2D eigenvalue weighted by Gasteiger charge is -2.28. The molecule has 1 aromatic heterocycles. The second kappa shape index (κ2) is 6.16. The summed E-state index contributed by atoms with van der Waals surface area (Å²) in [4.78, 5) is 14.5. The number of ether oxygens (including phenoxy) is 1. The van der Waals surface area contributed by atoms with Gasteiger partial charge in [0.2, 0.25) is 5.82 Å². The Morgan fingerprint density at radius 3 is 2.89 bits per heavy atom. The molecule has 1 N–H and O–H groups in total. The molecule has 2 heterocycles. The van der Waals surface area contributed by atoms with Crippen molar-refractivity contribution in [1.82, 2.24) is 4.98 Å². The van der Waals surface area contributed by atoms with Crippen LogP contribution in [-0.4, -0.2) is 29.2 Å². The van der Waals surface area contributed by atoms with Gasteiger partial charge in [-0.05, 0) is 25.7 Å². The molecule has 19 heavy (non-hydrogen) atoms. The van der Waals surface area contributed by atoms with E-state index < -0.39 is 4.92 Å². The highest BCUT2D eigenvalue weighted by atomic mass is 35.5. The molecule has 1 fully saturated rings. The first kappa shape index (κ1) is 14.0. The molecule has 1 aliphatic heterocycles. The maximum Gasteiger partial charge on any atom is 0.312 e. The van der Waals surface area contributed by atoms with E-state index in [0.717, 1.165) is 26.1 Å². The molecule has 1 unspecified atom stereocenters. The standard InChI is InChI=1S/C12H16ClN3O3/c1-8(9-2-4-19-5-3-9)15-12-11(16(17)18)6-10(13)7-14-12/h6-9H,2-5H2,1H3,(H,14,15). The summed E-state index contributed by atoms with van der Waals surface area (Å²) in [6, 6.07) is 1.42. The molecule has 1 aromatic rings. The van der Waals surface area contributed by atoms with Crippen LogP contribution in [-0.2, 0) is 4.74 Å². The van der Waals surface area contributed by atoms with Crippen molar-refractivity contribution < 1.29 is 9.66 Å². The summed E-state index contributed by atoms with van der Waals surface area (Å²) < 4.78 is 5.31. The number of anilines is 1. The van der Waals surface area contributed by atoms with Crippen molar-refractivity contribution >= 4 is 23.1 Å². The van der Waals surface area contributed by atoms with Crippen molar-refractivity contribution in [2.24, 2.45) is 5.92 Å². The molecule has 104 valence electrons. The van der Waals surface area contributed by atoms with Gasteiger partial charge in [0.1, 0.15) is 0 Å². The predicted molar refractivity (Wildman–Crippen MR) is 72.5 cm³/mol. The summed E-state index contributed by atoms with van der Waals surface area (Å²) in [6.07, 6.45) is 3.32. The third-order valence-corrected chi connectivity index (χ3v) is 3.58. The first-order valence-corrected chi connectivity index (χ1v) is 6.60. The van der Waals surface area contributed by atoms with Gasteiger partial charge in [0.15, 0.2) is 0 Å². The Bertz CT molecular complexity index is 464. The maximum absolute atomic E-state index is 11.0. The highest BCUT2D eigenvalue weighted by Crippen LogP contribution is 2.28. The SMILES string of the molecule is CC(Nc1ncc(Cl)cc1[N+](=O)[O-])C1CCOCC1. The molecule has 0 aromatic carbocycles. The molecular formula is C12H16ClN3O3. The van der Waals surface area contributed by atoms with Crippen LogP contribution in [0, 0.1) is 16.0 Å². The van der Waals surface area contributed by atoms with E-state index in [1.54, 1.807) is 0 Å². The topological polar surface area (TPSA) is 77.3 Å². The summed E-state index contributed by atoms with van der Waals surface area (Å²) in [5, 5.41) is 14.4. The summed E-state index contributed by atoms with van der Waals surface area (Å²) >= 11 is 5.73. The van der Waals surface area contributed by atoms with E-state index in [-0.39, 0.29) is 22.6 Å². The predicted octanol–water partition coefficient (Wildman–Crippen LogP) is 2.87. The van der Waals surface area contributed by atoms with Gasteiger partial charge in [0.25, 0.3) is 0 Å². The summed E-state index contributed by atoms with van der Waals surface area (Å²) in [6.45, 7) is 3.50. The third kappa shape index (κ3) is 3.54. The second-order valence-electron chi connectivity index (χ2n) is 4.66. The van der Waals surface area contributed by atoms with Crippen molar-refractivity contribution in [3.8, 4) is 0 Å². The number of aromatic nitrogens is 1. The zero-order valence-electron chi connectivity index (χ0n) is 10.6. The Balaban J connectivity index is 2.11. The van der Waals surface area contributed by atoms with E-state index in [4.69, 9.17) is 16.3 Å². The van der Waals surface area contributed by atoms with Crippen LogP contribution in [0.3, 0.4) is 0 Å². The van der Waals surface area contributed by atoms with Crippen LogP contribution in [0.2, 0.25) is 5.02 Å². The smallest absolute Gasteiger partial charge is 0.312 e. The Morgan fingerprint density at radius 2 is 2.26 bits per heavy atom. The molecule has 7 heteroatoms. The molecule has 0 radical (unpaired) electrons. The molecule has 1 saturated heterocycles. The number of hydrogen-bond donors (Lipinski definition) is 1. The van der Waals surface area contributed by atoms with Crippen molar-refractivity contribution in [2.75, 3.05) is 18.5 Å². The zero-order valence-corrected chi connectivity index (χ0v) is 11.4. The van der Waals surface area contributed by atoms with E-state index in [1.807, 2.05) is 6.92 Å². The van der Waals surface area contributed by atoms with E-state index in [1.165, 1.54) is 12.3 Å². The maximum atomic E-state index is 11.0. The minimum Gasteiger partial charge on any atom is -0.381 e. The average molecular weight is 286 g/mol. The van der Waals surface area contributed by atoms with Gasteiger partial charge in [-0.1, -0.05) is 11.6 Å². The average Bonchev–Trinajstić information content (AvgIpc) is 2.41. The number of halogens is 1. The fraction of sp³-hybridized carbons (Fsp3) is 0.583. The number of nitrogens with zero attached hydrogens (tertiary/aromatic N) is 2. The Hall–Kier alpha value is -1.40. The fourth-order valence-electron chi connectivity index (χ4n) is 2.23. The van der Waals surface area contributed by atoms with Crippen LogP contribution in [0.1, 0.15) is 19.8 Å². The Kier molecular flexibility index (Phi) is 4.55. The molecule has 6 nitrogen and oxygen atoms in total. The molecule has 0 aliphatic carbocycles. The minimum atomic E-state index is -0.474. The van der Waals surface area contributed by atoms with Gasteiger partial charge >= 0.3 is 5.69 Å². The van der Waals surface area contributed by atoms with E-state index in [9.17, 15) is 10.1 Å². The number of rotatable bonds is 4. The van der Waals surface area contributed by atoms with Crippen molar-refractivity contribution in [1.29, 1.82) is 0 Å². The molecule has 1 atom stereocenters. The Labute approximate surface area is 116 Å². The van der Waals surface area contributed by atoms with Crippen LogP contribution in [0.4, 0.5) is 11.5 Å². The molecule has 2 rings (SSSR count). The van der Waals surface area contributed by atoms with Gasteiger partial charge in [-0.25, -0.2) is 4.98 Å². The number of hydrogen-bond acceptors (Lipinski definition) is 5. The lowest BCUT2D eigenvalue weighted by molar-refractivity contribution is -0.384. The highest BCUT2D eigenvalue weighted by molar-refractivity contribution is 6.30. The van der Waals surface area contributed by atoms with Gasteiger partial charge in [0.05, 0.1) is 9.95 Å². The van der Waals surface area contributed by atoms with Gasteiger partial charge < -0.3 is 10.1 Å². The molecule has 0 amide bonds.